The van der Waals surface area contributed by atoms with E-state index in [1.807, 2.05) is 0 Å². The van der Waals surface area contributed by atoms with E-state index in [0.29, 0.717) is 0 Å². The van der Waals surface area contributed by atoms with Crippen molar-refractivity contribution in [3.8, 4) is 0 Å². The second-order valence-electron chi connectivity index (χ2n) is 6.58. The molecule has 7 nitrogen and oxygen atoms in total. The Kier molecular flexibility index (Phi) is 3.72. The Hall–Kier alpha value is -1.31. The van der Waals surface area contributed by atoms with Crippen molar-refractivity contribution < 1.29 is 27.5 Å². The van der Waals surface area contributed by atoms with E-state index in [0.717, 1.165) is 0 Å². The molecule has 21 heavy (non-hydrogen) atoms. The molecule has 1 spiro atoms. The van der Waals surface area contributed by atoms with Crippen LogP contribution in [0.2, 0.25) is 0 Å². The molecule has 1 atom stereocenters. The van der Waals surface area contributed by atoms with Gasteiger partial charge in [-0.25, -0.2) is 13.2 Å². The maximum absolute atomic E-state index is 12.3. The number of hydrogen-bond donors (Lipinski definition) is 0. The molecule has 2 aliphatic rings. The molecule has 0 aliphatic carbocycles. The molecule has 0 N–H and O–H groups in total. The third-order valence-electron chi connectivity index (χ3n) is 3.98. The third kappa shape index (κ3) is 2.61. The standard InChI is InChI=1S/C13H21NO6S/c1-12(2,3)20-11(16)14-7-13(8-14)9(10(15)19-4)5-6-21(13,17)18/h9H,5-8H2,1-4H3/t9-/m1/s1. The molecule has 120 valence electrons. The molecule has 0 bridgehead atoms. The summed E-state index contributed by atoms with van der Waals surface area (Å²) in [5, 5.41) is 0. The fourth-order valence-corrected chi connectivity index (χ4v) is 5.21. The van der Waals surface area contributed by atoms with Gasteiger partial charge in [-0.05, 0) is 27.2 Å². The molecule has 2 saturated heterocycles. The second-order valence-corrected chi connectivity index (χ2v) is 9.04. The predicted octanol–water partition coefficient (Wildman–Crippen LogP) is 0.584. The van der Waals surface area contributed by atoms with Crippen LogP contribution < -0.4 is 0 Å². The molecule has 2 aliphatic heterocycles. The van der Waals surface area contributed by atoms with Crippen LogP contribution >= 0.6 is 0 Å². The van der Waals surface area contributed by atoms with Gasteiger partial charge >= 0.3 is 12.1 Å². The quantitative estimate of drug-likeness (QED) is 0.657. The van der Waals surface area contributed by atoms with Crippen molar-refractivity contribution >= 4 is 21.9 Å². The largest absolute Gasteiger partial charge is 0.469 e. The van der Waals surface area contributed by atoms with Gasteiger partial charge in [0.05, 0.1) is 18.8 Å². The van der Waals surface area contributed by atoms with E-state index < -0.39 is 38.2 Å². The highest BCUT2D eigenvalue weighted by atomic mass is 32.2. The number of nitrogens with zero attached hydrogens (tertiary/aromatic N) is 1. The minimum Gasteiger partial charge on any atom is -0.469 e. The number of hydrogen-bond acceptors (Lipinski definition) is 6. The van der Waals surface area contributed by atoms with Crippen LogP contribution in [0.15, 0.2) is 0 Å². The molecule has 0 aromatic rings. The van der Waals surface area contributed by atoms with Gasteiger partial charge in [0.2, 0.25) is 0 Å². The topological polar surface area (TPSA) is 90.0 Å². The molecular formula is C13H21NO6S. The Balaban J connectivity index is 2.14. The number of likely N-dealkylation sites (tertiary alicyclic amines) is 1. The van der Waals surface area contributed by atoms with Gasteiger partial charge in [-0.1, -0.05) is 0 Å². The maximum Gasteiger partial charge on any atom is 0.410 e. The van der Waals surface area contributed by atoms with E-state index in [1.165, 1.54) is 12.0 Å². The normalized spacial score (nSPS) is 26.3. The van der Waals surface area contributed by atoms with Crippen LogP contribution in [-0.2, 0) is 24.1 Å². The van der Waals surface area contributed by atoms with Crippen LogP contribution in [0.1, 0.15) is 27.2 Å². The molecule has 0 aromatic heterocycles. The lowest BCUT2D eigenvalue weighted by Gasteiger charge is -2.48. The van der Waals surface area contributed by atoms with Crippen molar-refractivity contribution in [2.24, 2.45) is 5.92 Å². The average molecular weight is 319 g/mol. The first-order valence-corrected chi connectivity index (χ1v) is 8.46. The van der Waals surface area contributed by atoms with Crippen molar-refractivity contribution in [3.05, 3.63) is 0 Å². The Bertz CT molecular complexity index is 556. The smallest absolute Gasteiger partial charge is 0.410 e. The lowest BCUT2D eigenvalue weighted by Crippen LogP contribution is -2.69. The lowest BCUT2D eigenvalue weighted by molar-refractivity contribution is -0.148. The Morgan fingerprint density at radius 1 is 1.24 bits per heavy atom. The highest BCUT2D eigenvalue weighted by Gasteiger charge is 2.65. The van der Waals surface area contributed by atoms with Gasteiger partial charge in [0.25, 0.3) is 0 Å². The summed E-state index contributed by atoms with van der Waals surface area (Å²) in [5.41, 5.74) is -0.643. The van der Waals surface area contributed by atoms with Gasteiger partial charge < -0.3 is 14.4 Å². The fraction of sp³-hybridized carbons (Fsp3) is 0.846. The van der Waals surface area contributed by atoms with E-state index in [-0.39, 0.29) is 25.3 Å². The first-order chi connectivity index (χ1) is 9.52. The van der Waals surface area contributed by atoms with E-state index in [4.69, 9.17) is 9.47 Å². The van der Waals surface area contributed by atoms with Crippen LogP contribution in [0.4, 0.5) is 4.79 Å². The maximum atomic E-state index is 12.3. The van der Waals surface area contributed by atoms with Crippen molar-refractivity contribution in [1.82, 2.24) is 4.90 Å². The number of ether oxygens (including phenoxy) is 2. The van der Waals surface area contributed by atoms with Crippen LogP contribution in [0, 0.1) is 5.92 Å². The molecule has 2 fully saturated rings. The average Bonchev–Trinajstić information content (AvgIpc) is 2.55. The van der Waals surface area contributed by atoms with Gasteiger partial charge in [0, 0.05) is 13.1 Å². The van der Waals surface area contributed by atoms with Crippen LogP contribution in [0.25, 0.3) is 0 Å². The monoisotopic (exact) mass is 319 g/mol. The number of carbonyl (C=O) groups excluding carboxylic acids is 2. The van der Waals surface area contributed by atoms with Gasteiger partial charge in [-0.2, -0.15) is 0 Å². The minimum atomic E-state index is -3.41. The highest BCUT2D eigenvalue weighted by Crippen LogP contribution is 2.45. The van der Waals surface area contributed by atoms with Gasteiger partial charge in [0.1, 0.15) is 10.3 Å². The Morgan fingerprint density at radius 3 is 2.29 bits per heavy atom. The van der Waals surface area contributed by atoms with Crippen LogP contribution in [-0.4, -0.2) is 61.7 Å². The summed E-state index contributed by atoms with van der Waals surface area (Å²) >= 11 is 0. The third-order valence-corrected chi connectivity index (χ3v) is 6.54. The first kappa shape index (κ1) is 16.1. The number of carbonyl (C=O) groups is 2. The van der Waals surface area contributed by atoms with Crippen LogP contribution in [0.3, 0.4) is 0 Å². The zero-order valence-corrected chi connectivity index (χ0v) is 13.5. The summed E-state index contributed by atoms with van der Waals surface area (Å²) in [7, 11) is -2.17. The zero-order valence-electron chi connectivity index (χ0n) is 12.7. The molecule has 0 aromatic carbocycles. The summed E-state index contributed by atoms with van der Waals surface area (Å²) in [6.07, 6.45) is -0.309. The molecule has 0 radical (unpaired) electrons. The lowest BCUT2D eigenvalue weighted by atomic mass is 9.83. The fourth-order valence-electron chi connectivity index (χ4n) is 2.90. The summed E-state index contributed by atoms with van der Waals surface area (Å²) in [6.45, 7) is 5.20. The van der Waals surface area contributed by atoms with Gasteiger partial charge in [0.15, 0.2) is 9.84 Å². The van der Waals surface area contributed by atoms with Gasteiger partial charge in [-0.15, -0.1) is 0 Å². The zero-order chi connectivity index (χ0) is 16.1. The van der Waals surface area contributed by atoms with E-state index in [9.17, 15) is 18.0 Å². The summed E-state index contributed by atoms with van der Waals surface area (Å²) < 4.78 is 33.2. The number of amides is 1. The summed E-state index contributed by atoms with van der Waals surface area (Å²) in [4.78, 5) is 25.0. The van der Waals surface area contributed by atoms with E-state index in [2.05, 4.69) is 0 Å². The van der Waals surface area contributed by atoms with E-state index in [1.54, 1.807) is 20.8 Å². The SMILES string of the molecule is COC(=O)[C@H]1CCS(=O)(=O)C12CN(C(=O)OC(C)(C)C)C2. The second kappa shape index (κ2) is 4.86. The highest BCUT2D eigenvalue weighted by molar-refractivity contribution is 7.93. The first-order valence-electron chi connectivity index (χ1n) is 6.80. The molecule has 1 amide bonds. The van der Waals surface area contributed by atoms with Crippen molar-refractivity contribution in [2.45, 2.75) is 37.5 Å². The predicted molar refractivity (Wildman–Crippen MR) is 74.4 cm³/mol. The molecule has 2 heterocycles. The number of rotatable bonds is 1. The van der Waals surface area contributed by atoms with E-state index >= 15 is 0 Å². The molecular weight excluding hydrogens is 298 g/mol. The molecule has 0 saturated carbocycles. The van der Waals surface area contributed by atoms with Gasteiger partial charge in [-0.3, -0.25) is 4.79 Å². The van der Waals surface area contributed by atoms with Crippen molar-refractivity contribution in [3.63, 3.8) is 0 Å². The Morgan fingerprint density at radius 2 is 1.81 bits per heavy atom. The van der Waals surface area contributed by atoms with Crippen LogP contribution in [0.5, 0.6) is 0 Å². The Labute approximate surface area is 124 Å². The molecule has 2 rings (SSSR count). The van der Waals surface area contributed by atoms with Crippen molar-refractivity contribution in [2.75, 3.05) is 26.0 Å². The minimum absolute atomic E-state index is 0.00991. The number of methoxy groups -OCH3 is 1. The molecule has 0 unspecified atom stereocenters. The molecule has 8 heteroatoms. The number of esters is 1. The summed E-state index contributed by atoms with van der Waals surface area (Å²) in [6, 6.07) is 0. The number of sulfone groups is 1. The van der Waals surface area contributed by atoms with Crippen molar-refractivity contribution in [1.29, 1.82) is 0 Å². The summed E-state index contributed by atoms with van der Waals surface area (Å²) in [5.74, 6) is -1.28.